The SMILES string of the molecule is COc1cc(OC)cc(C(=O)N2CCC(C(=O)NC(C(=O)O)C3CC3)CC2)c1. The second-order valence-electron chi connectivity index (χ2n) is 7.33. The number of carboxylic acids is 1. The van der Waals surface area contributed by atoms with Crippen molar-refractivity contribution in [3.8, 4) is 11.5 Å². The average molecular weight is 390 g/mol. The molecule has 28 heavy (non-hydrogen) atoms. The maximum absolute atomic E-state index is 12.8. The van der Waals surface area contributed by atoms with Crippen molar-refractivity contribution in [3.63, 3.8) is 0 Å². The number of rotatable bonds is 7. The molecule has 152 valence electrons. The van der Waals surface area contributed by atoms with Gasteiger partial charge in [0.1, 0.15) is 17.5 Å². The van der Waals surface area contributed by atoms with Gasteiger partial charge in [0.15, 0.2) is 0 Å². The van der Waals surface area contributed by atoms with Crippen molar-refractivity contribution in [1.82, 2.24) is 10.2 Å². The van der Waals surface area contributed by atoms with Gasteiger partial charge in [0.2, 0.25) is 5.91 Å². The third-order valence-corrected chi connectivity index (χ3v) is 5.41. The average Bonchev–Trinajstić information content (AvgIpc) is 3.55. The van der Waals surface area contributed by atoms with E-state index in [2.05, 4.69) is 5.32 Å². The van der Waals surface area contributed by atoms with E-state index in [9.17, 15) is 19.5 Å². The van der Waals surface area contributed by atoms with Crippen LogP contribution in [0.25, 0.3) is 0 Å². The van der Waals surface area contributed by atoms with Gasteiger partial charge in [-0.05, 0) is 43.7 Å². The van der Waals surface area contributed by atoms with E-state index in [1.54, 1.807) is 23.1 Å². The van der Waals surface area contributed by atoms with Crippen LogP contribution in [-0.4, -0.2) is 61.1 Å². The summed E-state index contributed by atoms with van der Waals surface area (Å²) in [7, 11) is 3.05. The lowest BCUT2D eigenvalue weighted by molar-refractivity contribution is -0.143. The molecule has 0 bridgehead atoms. The van der Waals surface area contributed by atoms with Crippen LogP contribution in [0.2, 0.25) is 0 Å². The molecule has 1 saturated heterocycles. The quantitative estimate of drug-likeness (QED) is 0.732. The Morgan fingerprint density at radius 1 is 1.04 bits per heavy atom. The summed E-state index contributed by atoms with van der Waals surface area (Å²) < 4.78 is 10.4. The number of carbonyl (C=O) groups excluding carboxylic acids is 2. The fourth-order valence-corrected chi connectivity index (χ4v) is 3.54. The fourth-order valence-electron chi connectivity index (χ4n) is 3.54. The third-order valence-electron chi connectivity index (χ3n) is 5.41. The summed E-state index contributed by atoms with van der Waals surface area (Å²) in [5.41, 5.74) is 0.471. The van der Waals surface area contributed by atoms with E-state index in [1.807, 2.05) is 0 Å². The molecule has 1 unspecified atom stereocenters. The van der Waals surface area contributed by atoms with Gasteiger partial charge in [0.05, 0.1) is 14.2 Å². The first kappa shape index (κ1) is 20.0. The summed E-state index contributed by atoms with van der Waals surface area (Å²) in [6.45, 7) is 0.884. The number of benzene rings is 1. The van der Waals surface area contributed by atoms with E-state index in [4.69, 9.17) is 9.47 Å². The second-order valence-corrected chi connectivity index (χ2v) is 7.33. The molecule has 3 rings (SSSR count). The Morgan fingerprint density at radius 3 is 2.07 bits per heavy atom. The highest BCUT2D eigenvalue weighted by atomic mass is 16.5. The van der Waals surface area contributed by atoms with Crippen molar-refractivity contribution < 1.29 is 29.0 Å². The van der Waals surface area contributed by atoms with Crippen LogP contribution in [0.4, 0.5) is 0 Å². The molecular weight excluding hydrogens is 364 g/mol. The Bertz CT molecular complexity index is 731. The van der Waals surface area contributed by atoms with Crippen LogP contribution in [0.15, 0.2) is 18.2 Å². The van der Waals surface area contributed by atoms with Crippen molar-refractivity contribution in [1.29, 1.82) is 0 Å². The van der Waals surface area contributed by atoms with E-state index in [0.29, 0.717) is 43.0 Å². The summed E-state index contributed by atoms with van der Waals surface area (Å²) in [5, 5.41) is 11.9. The number of nitrogens with one attached hydrogen (secondary N) is 1. The Balaban J connectivity index is 1.58. The fraction of sp³-hybridized carbons (Fsp3) is 0.550. The molecule has 2 N–H and O–H groups in total. The van der Waals surface area contributed by atoms with Crippen LogP contribution in [0, 0.1) is 11.8 Å². The number of likely N-dealkylation sites (tertiary alicyclic amines) is 1. The van der Waals surface area contributed by atoms with Gasteiger partial charge in [-0.15, -0.1) is 0 Å². The van der Waals surface area contributed by atoms with Gasteiger partial charge >= 0.3 is 5.97 Å². The molecule has 1 aromatic rings. The largest absolute Gasteiger partial charge is 0.497 e. The molecular formula is C20H26N2O6. The highest BCUT2D eigenvalue weighted by Crippen LogP contribution is 2.33. The zero-order valence-electron chi connectivity index (χ0n) is 16.1. The third kappa shape index (κ3) is 4.55. The van der Waals surface area contributed by atoms with Crippen LogP contribution in [0.5, 0.6) is 11.5 Å². The minimum Gasteiger partial charge on any atom is -0.497 e. The van der Waals surface area contributed by atoms with Crippen molar-refractivity contribution in [2.24, 2.45) is 11.8 Å². The molecule has 2 aliphatic rings. The van der Waals surface area contributed by atoms with Gasteiger partial charge in [0, 0.05) is 30.6 Å². The van der Waals surface area contributed by atoms with E-state index < -0.39 is 12.0 Å². The number of nitrogens with zero attached hydrogens (tertiary/aromatic N) is 1. The van der Waals surface area contributed by atoms with Crippen LogP contribution in [0.3, 0.4) is 0 Å². The van der Waals surface area contributed by atoms with Crippen LogP contribution in [0.1, 0.15) is 36.0 Å². The number of carbonyl (C=O) groups is 3. The standard InChI is InChI=1S/C20H26N2O6/c1-27-15-9-14(10-16(11-15)28-2)19(24)22-7-5-13(6-8-22)18(23)21-17(20(25)26)12-3-4-12/h9-13,17H,3-8H2,1-2H3,(H,21,23)(H,25,26). The predicted octanol–water partition coefficient (Wildman–Crippen LogP) is 1.54. The van der Waals surface area contributed by atoms with Gasteiger partial charge in [-0.1, -0.05) is 0 Å². The smallest absolute Gasteiger partial charge is 0.326 e. The number of piperidine rings is 1. The lowest BCUT2D eigenvalue weighted by atomic mass is 9.94. The van der Waals surface area contributed by atoms with Crippen molar-refractivity contribution in [2.75, 3.05) is 27.3 Å². The molecule has 8 heteroatoms. The number of hydrogen-bond acceptors (Lipinski definition) is 5. The van der Waals surface area contributed by atoms with Gasteiger partial charge < -0.3 is 24.8 Å². The number of amides is 2. The lowest BCUT2D eigenvalue weighted by Crippen LogP contribution is -2.48. The number of carboxylic acid groups (broad SMARTS) is 1. The molecule has 1 aromatic carbocycles. The maximum atomic E-state index is 12.8. The molecule has 2 fully saturated rings. The van der Waals surface area contributed by atoms with Crippen LogP contribution < -0.4 is 14.8 Å². The molecule has 8 nitrogen and oxygen atoms in total. The molecule has 1 aliphatic carbocycles. The number of hydrogen-bond donors (Lipinski definition) is 2. The molecule has 1 saturated carbocycles. The highest BCUT2D eigenvalue weighted by molar-refractivity contribution is 5.95. The summed E-state index contributed by atoms with van der Waals surface area (Å²) in [6.07, 6.45) is 2.70. The first-order valence-electron chi connectivity index (χ1n) is 9.48. The van der Waals surface area contributed by atoms with E-state index in [1.165, 1.54) is 14.2 Å². The Kier molecular flexibility index (Phi) is 6.06. The van der Waals surface area contributed by atoms with E-state index >= 15 is 0 Å². The predicted molar refractivity (Wildman–Crippen MR) is 100 cm³/mol. The molecule has 0 aromatic heterocycles. The van der Waals surface area contributed by atoms with Gasteiger partial charge in [-0.25, -0.2) is 4.79 Å². The molecule has 1 aliphatic heterocycles. The molecule has 1 atom stereocenters. The number of aliphatic carboxylic acids is 1. The van der Waals surface area contributed by atoms with Crippen LogP contribution in [-0.2, 0) is 9.59 Å². The minimum absolute atomic E-state index is 0.0474. The Hall–Kier alpha value is -2.77. The van der Waals surface area contributed by atoms with Crippen molar-refractivity contribution in [2.45, 2.75) is 31.7 Å². The van der Waals surface area contributed by atoms with Crippen molar-refractivity contribution >= 4 is 17.8 Å². The Morgan fingerprint density at radius 2 is 1.61 bits per heavy atom. The summed E-state index contributed by atoms with van der Waals surface area (Å²) >= 11 is 0. The normalized spacial score (nSPS) is 18.3. The molecule has 0 spiro atoms. The summed E-state index contributed by atoms with van der Waals surface area (Å²) in [6, 6.07) is 4.23. The van der Waals surface area contributed by atoms with Gasteiger partial charge in [0.25, 0.3) is 5.91 Å². The lowest BCUT2D eigenvalue weighted by Gasteiger charge is -2.32. The van der Waals surface area contributed by atoms with Crippen molar-refractivity contribution in [3.05, 3.63) is 23.8 Å². The topological polar surface area (TPSA) is 105 Å². The number of ether oxygens (including phenoxy) is 2. The zero-order valence-corrected chi connectivity index (χ0v) is 16.1. The van der Waals surface area contributed by atoms with Gasteiger partial charge in [-0.3, -0.25) is 9.59 Å². The molecule has 0 radical (unpaired) electrons. The number of methoxy groups -OCH3 is 2. The monoisotopic (exact) mass is 390 g/mol. The molecule has 2 amide bonds. The maximum Gasteiger partial charge on any atom is 0.326 e. The zero-order chi connectivity index (χ0) is 20.3. The van der Waals surface area contributed by atoms with Gasteiger partial charge in [-0.2, -0.15) is 0 Å². The Labute approximate surface area is 163 Å². The highest BCUT2D eigenvalue weighted by Gasteiger charge is 2.39. The van der Waals surface area contributed by atoms with E-state index in [0.717, 1.165) is 12.8 Å². The second kappa shape index (κ2) is 8.50. The minimum atomic E-state index is -0.976. The summed E-state index contributed by atoms with van der Waals surface area (Å²) in [4.78, 5) is 38.3. The van der Waals surface area contributed by atoms with E-state index in [-0.39, 0.29) is 23.7 Å². The first-order valence-corrected chi connectivity index (χ1v) is 9.48. The first-order chi connectivity index (χ1) is 13.4. The summed E-state index contributed by atoms with van der Waals surface area (Å²) in [5.74, 6) is -0.494. The molecule has 1 heterocycles. The van der Waals surface area contributed by atoms with Crippen LogP contribution >= 0.6 is 0 Å².